The number of carbonyl (C=O) groups is 1. The number of ketones is 1. The Kier molecular flexibility index (Phi) is 6.10. The lowest BCUT2D eigenvalue weighted by atomic mass is 10.0. The summed E-state index contributed by atoms with van der Waals surface area (Å²) in [6, 6.07) is 5.72. The number of rotatable bonds is 6. The van der Waals surface area contributed by atoms with Crippen molar-refractivity contribution in [2.45, 2.75) is 6.42 Å². The van der Waals surface area contributed by atoms with E-state index in [9.17, 15) is 9.18 Å². The van der Waals surface area contributed by atoms with E-state index in [0.717, 1.165) is 38.4 Å². The number of hydrogen-bond donors (Lipinski definition) is 0. The van der Waals surface area contributed by atoms with Crippen molar-refractivity contribution in [2.24, 2.45) is 0 Å². The van der Waals surface area contributed by atoms with Gasteiger partial charge in [0.15, 0.2) is 5.78 Å². The highest BCUT2D eigenvalue weighted by molar-refractivity contribution is 6.08. The molecule has 0 saturated carbocycles. The number of carbonyl (C=O) groups excluding carboxylic acids is 1. The minimum Gasteiger partial charge on any atom is -0.383 e. The molecule has 120 valence electrons. The Hall–Kier alpha value is -1.72. The molecule has 2 rings (SSSR count). The van der Waals surface area contributed by atoms with E-state index in [0.29, 0.717) is 12.0 Å². The van der Waals surface area contributed by atoms with Gasteiger partial charge in [-0.15, -0.1) is 0 Å². The Labute approximate surface area is 131 Å². The highest BCUT2D eigenvalue weighted by Crippen LogP contribution is 2.14. The van der Waals surface area contributed by atoms with E-state index in [1.165, 1.54) is 24.3 Å². The first-order chi connectivity index (χ1) is 10.6. The molecule has 1 aromatic carbocycles. The first-order valence-corrected chi connectivity index (χ1v) is 7.54. The van der Waals surface area contributed by atoms with Crippen molar-refractivity contribution >= 4 is 5.78 Å². The number of Topliss-reactive ketones (excluding diaryl/α,β-unsaturated/α-hetero) is 1. The zero-order chi connectivity index (χ0) is 15.9. The second-order valence-corrected chi connectivity index (χ2v) is 5.66. The fraction of sp³-hybridized carbons (Fsp3) is 0.471. The van der Waals surface area contributed by atoms with Crippen LogP contribution in [-0.4, -0.2) is 62.5 Å². The minimum absolute atomic E-state index is 0.0399. The van der Waals surface area contributed by atoms with Gasteiger partial charge in [0.25, 0.3) is 0 Å². The molecule has 1 aliphatic rings. The van der Waals surface area contributed by atoms with Crippen LogP contribution in [0.5, 0.6) is 0 Å². The van der Waals surface area contributed by atoms with Crippen LogP contribution in [0.1, 0.15) is 16.8 Å². The molecule has 22 heavy (non-hydrogen) atoms. The highest BCUT2D eigenvalue weighted by atomic mass is 19.1. The molecule has 0 atom stereocenters. The van der Waals surface area contributed by atoms with Crippen LogP contribution < -0.4 is 0 Å². The quantitative estimate of drug-likeness (QED) is 0.596. The molecule has 0 radical (unpaired) electrons. The normalized spacial score (nSPS) is 16.6. The van der Waals surface area contributed by atoms with Crippen molar-refractivity contribution in [1.29, 1.82) is 0 Å². The van der Waals surface area contributed by atoms with Crippen LogP contribution in [0.2, 0.25) is 0 Å². The van der Waals surface area contributed by atoms with Crippen molar-refractivity contribution < 1.29 is 13.9 Å². The van der Waals surface area contributed by atoms with E-state index < -0.39 is 0 Å². The molecule has 0 amide bonds. The van der Waals surface area contributed by atoms with Gasteiger partial charge in [0.1, 0.15) is 5.82 Å². The molecule has 0 unspecified atom stereocenters. The average molecular weight is 306 g/mol. The number of morpholine rings is 1. The molecule has 0 aromatic heterocycles. The number of hydrogen-bond acceptors (Lipinski definition) is 4. The maximum atomic E-state index is 13.0. The minimum atomic E-state index is -0.331. The maximum absolute atomic E-state index is 13.0. The molecule has 1 saturated heterocycles. The van der Waals surface area contributed by atoms with Crippen molar-refractivity contribution in [1.82, 2.24) is 9.80 Å². The fourth-order valence-electron chi connectivity index (χ4n) is 2.44. The van der Waals surface area contributed by atoms with Crippen LogP contribution >= 0.6 is 0 Å². The summed E-state index contributed by atoms with van der Waals surface area (Å²) in [5, 5.41) is 0. The van der Waals surface area contributed by atoms with Crippen molar-refractivity contribution in [2.75, 3.05) is 46.9 Å². The molecule has 5 heteroatoms. The summed E-state index contributed by atoms with van der Waals surface area (Å²) < 4.78 is 18.3. The SMILES string of the molecule is CN(C)C=C(CCN1CCOCC1)C(=O)c1ccc(F)cc1. The van der Waals surface area contributed by atoms with Gasteiger partial charge >= 0.3 is 0 Å². The summed E-state index contributed by atoms with van der Waals surface area (Å²) >= 11 is 0. The molecule has 0 bridgehead atoms. The molecule has 0 N–H and O–H groups in total. The molecule has 0 aliphatic carbocycles. The zero-order valence-corrected chi connectivity index (χ0v) is 13.2. The van der Waals surface area contributed by atoms with Gasteiger partial charge in [-0.2, -0.15) is 0 Å². The smallest absolute Gasteiger partial charge is 0.190 e. The Morgan fingerprint density at radius 1 is 1.27 bits per heavy atom. The Morgan fingerprint density at radius 3 is 2.50 bits per heavy atom. The molecule has 1 aromatic rings. The monoisotopic (exact) mass is 306 g/mol. The third kappa shape index (κ3) is 4.93. The predicted octanol–water partition coefficient (Wildman–Crippen LogP) is 2.18. The van der Waals surface area contributed by atoms with Gasteiger partial charge in [-0.25, -0.2) is 4.39 Å². The molecule has 1 aliphatic heterocycles. The van der Waals surface area contributed by atoms with Crippen LogP contribution in [-0.2, 0) is 4.74 Å². The molecular weight excluding hydrogens is 283 g/mol. The molecule has 1 fully saturated rings. The number of ether oxygens (including phenoxy) is 1. The van der Waals surface area contributed by atoms with Gasteiger partial charge in [0.2, 0.25) is 0 Å². The first-order valence-electron chi connectivity index (χ1n) is 7.54. The lowest BCUT2D eigenvalue weighted by Crippen LogP contribution is -2.37. The molecule has 0 spiro atoms. The first kappa shape index (κ1) is 16.6. The van der Waals surface area contributed by atoms with E-state index in [-0.39, 0.29) is 11.6 Å². The summed E-state index contributed by atoms with van der Waals surface area (Å²) in [5.41, 5.74) is 1.26. The zero-order valence-electron chi connectivity index (χ0n) is 13.2. The second-order valence-electron chi connectivity index (χ2n) is 5.66. The Bertz CT molecular complexity index is 520. The lowest BCUT2D eigenvalue weighted by molar-refractivity contribution is 0.0383. The van der Waals surface area contributed by atoms with Gasteiger partial charge in [-0.05, 0) is 30.7 Å². The topological polar surface area (TPSA) is 32.8 Å². The molecule has 4 nitrogen and oxygen atoms in total. The van der Waals surface area contributed by atoms with E-state index in [1.54, 1.807) is 0 Å². The third-order valence-electron chi connectivity index (χ3n) is 3.61. The van der Waals surface area contributed by atoms with Crippen molar-refractivity contribution in [3.63, 3.8) is 0 Å². The van der Waals surface area contributed by atoms with E-state index in [2.05, 4.69) is 4.90 Å². The van der Waals surface area contributed by atoms with Crippen molar-refractivity contribution in [3.8, 4) is 0 Å². The summed E-state index contributed by atoms with van der Waals surface area (Å²) in [4.78, 5) is 16.8. The number of nitrogens with zero attached hydrogens (tertiary/aromatic N) is 2. The predicted molar refractivity (Wildman–Crippen MR) is 84.4 cm³/mol. The largest absolute Gasteiger partial charge is 0.383 e. The maximum Gasteiger partial charge on any atom is 0.190 e. The highest BCUT2D eigenvalue weighted by Gasteiger charge is 2.16. The lowest BCUT2D eigenvalue weighted by Gasteiger charge is -2.26. The van der Waals surface area contributed by atoms with Crippen LogP contribution in [0.3, 0.4) is 0 Å². The number of benzene rings is 1. The Morgan fingerprint density at radius 2 is 1.91 bits per heavy atom. The van der Waals surface area contributed by atoms with Crippen LogP contribution in [0.25, 0.3) is 0 Å². The summed E-state index contributed by atoms with van der Waals surface area (Å²) in [6.45, 7) is 4.13. The molecular formula is C17H23FN2O2. The average Bonchev–Trinajstić information content (AvgIpc) is 2.52. The summed E-state index contributed by atoms with van der Waals surface area (Å²) in [7, 11) is 3.79. The summed E-state index contributed by atoms with van der Waals surface area (Å²) in [5.74, 6) is -0.370. The van der Waals surface area contributed by atoms with Gasteiger partial charge in [-0.1, -0.05) is 0 Å². The van der Waals surface area contributed by atoms with E-state index in [4.69, 9.17) is 4.74 Å². The van der Waals surface area contributed by atoms with Gasteiger partial charge < -0.3 is 9.64 Å². The second kappa shape index (κ2) is 8.06. The van der Waals surface area contributed by atoms with E-state index >= 15 is 0 Å². The van der Waals surface area contributed by atoms with Gasteiger partial charge in [0.05, 0.1) is 13.2 Å². The fourth-order valence-corrected chi connectivity index (χ4v) is 2.44. The molecule has 1 heterocycles. The Balaban J connectivity index is 2.05. The number of halogens is 1. The van der Waals surface area contributed by atoms with E-state index in [1.807, 2.05) is 25.2 Å². The standard InChI is InChI=1S/C17H23FN2O2/c1-19(2)13-15(7-8-20-9-11-22-12-10-20)17(21)14-3-5-16(18)6-4-14/h3-6,13H,7-12H2,1-2H3. The van der Waals surface area contributed by atoms with Crippen LogP contribution in [0, 0.1) is 5.82 Å². The van der Waals surface area contributed by atoms with Crippen molar-refractivity contribution in [3.05, 3.63) is 47.4 Å². The summed E-state index contributed by atoms with van der Waals surface area (Å²) in [6.07, 6.45) is 2.53. The third-order valence-corrected chi connectivity index (χ3v) is 3.61. The van der Waals surface area contributed by atoms with Gasteiger partial charge in [0, 0.05) is 51.1 Å². The van der Waals surface area contributed by atoms with Crippen LogP contribution in [0.4, 0.5) is 4.39 Å². The van der Waals surface area contributed by atoms with Crippen LogP contribution in [0.15, 0.2) is 36.0 Å². The van der Waals surface area contributed by atoms with Gasteiger partial charge in [-0.3, -0.25) is 9.69 Å².